The molecule has 2 aliphatic heterocycles. The number of hydrogen-bond acceptors (Lipinski definition) is 6. The molecule has 2 amide bonds. The number of rotatable bonds is 4. The molecular formula is C20H27N5O2S. The zero-order valence-electron chi connectivity index (χ0n) is 16.5. The van der Waals surface area contributed by atoms with Gasteiger partial charge in [0.2, 0.25) is 17.8 Å². The standard InChI is InChI=1S/C20H27N5O2S/c1-14(2)22-17(26)13-25-18(27)4-7-20(25)6-3-9-24(10-8-20)19-21-12-16-15(23-19)5-11-28-16/h5,11-12,14H,3-4,6-10,13H2,1-2H3,(H,22,26). The molecule has 0 bridgehead atoms. The van der Waals surface area contributed by atoms with Crippen molar-refractivity contribution < 1.29 is 9.59 Å². The van der Waals surface area contributed by atoms with Crippen LogP contribution in [-0.2, 0) is 9.59 Å². The summed E-state index contributed by atoms with van der Waals surface area (Å²) in [5, 5.41) is 4.95. The molecule has 1 atom stereocenters. The van der Waals surface area contributed by atoms with Gasteiger partial charge in [0.15, 0.2) is 0 Å². The van der Waals surface area contributed by atoms with Gasteiger partial charge in [-0.05, 0) is 51.0 Å². The molecule has 0 aromatic carbocycles. The number of likely N-dealkylation sites (tertiary alicyclic amines) is 1. The molecule has 2 saturated heterocycles. The summed E-state index contributed by atoms with van der Waals surface area (Å²) in [5.41, 5.74) is 0.768. The van der Waals surface area contributed by atoms with Gasteiger partial charge in [-0.15, -0.1) is 11.3 Å². The maximum Gasteiger partial charge on any atom is 0.239 e. The molecular weight excluding hydrogens is 374 g/mol. The van der Waals surface area contributed by atoms with Crippen LogP contribution in [0.15, 0.2) is 17.6 Å². The van der Waals surface area contributed by atoms with Gasteiger partial charge in [0.05, 0.1) is 16.4 Å². The minimum Gasteiger partial charge on any atom is -0.352 e. The van der Waals surface area contributed by atoms with Gasteiger partial charge in [0.1, 0.15) is 6.54 Å². The lowest BCUT2D eigenvalue weighted by Gasteiger charge is -2.38. The Morgan fingerprint density at radius 2 is 2.18 bits per heavy atom. The van der Waals surface area contributed by atoms with E-state index in [1.807, 2.05) is 36.4 Å². The van der Waals surface area contributed by atoms with Crippen LogP contribution in [-0.4, -0.2) is 57.9 Å². The summed E-state index contributed by atoms with van der Waals surface area (Å²) >= 11 is 1.65. The van der Waals surface area contributed by atoms with Crippen molar-refractivity contribution in [3.63, 3.8) is 0 Å². The van der Waals surface area contributed by atoms with Gasteiger partial charge in [0, 0.05) is 31.1 Å². The average Bonchev–Trinajstić information content (AvgIpc) is 3.15. The molecule has 2 aliphatic rings. The Balaban J connectivity index is 1.49. The van der Waals surface area contributed by atoms with E-state index in [0.29, 0.717) is 6.42 Å². The molecule has 4 rings (SSSR count). The number of fused-ring (bicyclic) bond motifs is 1. The third-order valence-electron chi connectivity index (χ3n) is 5.82. The fourth-order valence-corrected chi connectivity index (χ4v) is 5.14. The second-order valence-corrected chi connectivity index (χ2v) is 9.05. The predicted molar refractivity (Wildman–Crippen MR) is 110 cm³/mol. The number of hydrogen-bond donors (Lipinski definition) is 1. The summed E-state index contributed by atoms with van der Waals surface area (Å²) in [4.78, 5) is 38.2. The van der Waals surface area contributed by atoms with E-state index in [9.17, 15) is 9.59 Å². The van der Waals surface area contributed by atoms with Crippen LogP contribution >= 0.6 is 11.3 Å². The van der Waals surface area contributed by atoms with Gasteiger partial charge in [-0.25, -0.2) is 9.97 Å². The van der Waals surface area contributed by atoms with Crippen LogP contribution in [0.3, 0.4) is 0 Å². The molecule has 28 heavy (non-hydrogen) atoms. The molecule has 150 valence electrons. The third-order valence-corrected chi connectivity index (χ3v) is 6.66. The van der Waals surface area contributed by atoms with Crippen molar-refractivity contribution in [2.75, 3.05) is 24.5 Å². The Bertz CT molecular complexity index is 882. The summed E-state index contributed by atoms with van der Waals surface area (Å²) in [6.07, 6.45) is 5.99. The Morgan fingerprint density at radius 3 is 3.00 bits per heavy atom. The molecule has 1 spiro atoms. The van der Waals surface area contributed by atoms with E-state index in [1.54, 1.807) is 11.3 Å². The van der Waals surface area contributed by atoms with Crippen molar-refractivity contribution >= 4 is 39.3 Å². The quantitative estimate of drug-likeness (QED) is 0.852. The molecule has 8 heteroatoms. The zero-order valence-corrected chi connectivity index (χ0v) is 17.3. The van der Waals surface area contributed by atoms with Gasteiger partial charge in [-0.3, -0.25) is 9.59 Å². The van der Waals surface area contributed by atoms with Crippen molar-refractivity contribution in [2.24, 2.45) is 0 Å². The van der Waals surface area contributed by atoms with Crippen molar-refractivity contribution in [3.05, 3.63) is 17.6 Å². The molecule has 0 radical (unpaired) electrons. The number of carbonyl (C=O) groups is 2. The smallest absolute Gasteiger partial charge is 0.239 e. The van der Waals surface area contributed by atoms with E-state index in [2.05, 4.69) is 15.2 Å². The SMILES string of the molecule is CC(C)NC(=O)CN1C(=O)CCC12CCCN(c1ncc3sccc3n1)CC2. The highest BCUT2D eigenvalue weighted by Gasteiger charge is 2.46. The first-order valence-corrected chi connectivity index (χ1v) is 10.9. The van der Waals surface area contributed by atoms with E-state index in [1.165, 1.54) is 0 Å². The number of aromatic nitrogens is 2. The van der Waals surface area contributed by atoms with Crippen LogP contribution in [0.2, 0.25) is 0 Å². The lowest BCUT2D eigenvalue weighted by molar-refractivity contribution is -0.137. The van der Waals surface area contributed by atoms with Crippen LogP contribution in [0, 0.1) is 0 Å². The Hall–Kier alpha value is -2.22. The van der Waals surface area contributed by atoms with Gasteiger partial charge < -0.3 is 15.1 Å². The number of amides is 2. The summed E-state index contributed by atoms with van der Waals surface area (Å²) in [5.74, 6) is 0.789. The van der Waals surface area contributed by atoms with E-state index in [0.717, 1.165) is 54.9 Å². The Morgan fingerprint density at radius 1 is 1.32 bits per heavy atom. The average molecular weight is 402 g/mol. The number of nitrogens with zero attached hydrogens (tertiary/aromatic N) is 4. The maximum atomic E-state index is 12.6. The summed E-state index contributed by atoms with van der Waals surface area (Å²) in [6, 6.07) is 2.10. The Labute approximate surface area is 169 Å². The molecule has 2 fully saturated rings. The number of carbonyl (C=O) groups excluding carboxylic acids is 2. The second kappa shape index (κ2) is 7.66. The molecule has 7 nitrogen and oxygen atoms in total. The predicted octanol–water partition coefficient (Wildman–Crippen LogP) is 2.57. The van der Waals surface area contributed by atoms with Crippen molar-refractivity contribution in [3.8, 4) is 0 Å². The molecule has 4 heterocycles. The highest BCUT2D eigenvalue weighted by Crippen LogP contribution is 2.39. The van der Waals surface area contributed by atoms with Gasteiger partial charge in [0.25, 0.3) is 0 Å². The molecule has 0 saturated carbocycles. The highest BCUT2D eigenvalue weighted by molar-refractivity contribution is 7.17. The topological polar surface area (TPSA) is 78.4 Å². The van der Waals surface area contributed by atoms with Crippen LogP contribution in [0.5, 0.6) is 0 Å². The zero-order chi connectivity index (χ0) is 19.7. The summed E-state index contributed by atoms with van der Waals surface area (Å²) < 4.78 is 1.10. The first-order chi connectivity index (χ1) is 13.5. The number of nitrogens with one attached hydrogen (secondary N) is 1. The highest BCUT2D eigenvalue weighted by atomic mass is 32.1. The maximum absolute atomic E-state index is 12.6. The Kier molecular flexibility index (Phi) is 5.23. The van der Waals surface area contributed by atoms with Crippen molar-refractivity contribution in [1.29, 1.82) is 0 Å². The van der Waals surface area contributed by atoms with Crippen LogP contribution in [0.25, 0.3) is 10.2 Å². The largest absolute Gasteiger partial charge is 0.352 e. The minimum atomic E-state index is -0.216. The summed E-state index contributed by atoms with van der Waals surface area (Å²) in [6.45, 7) is 5.71. The first kappa shape index (κ1) is 19.1. The van der Waals surface area contributed by atoms with E-state index in [-0.39, 0.29) is 29.9 Å². The van der Waals surface area contributed by atoms with E-state index < -0.39 is 0 Å². The van der Waals surface area contributed by atoms with Gasteiger partial charge >= 0.3 is 0 Å². The molecule has 2 aromatic rings. The minimum absolute atomic E-state index is 0.0722. The van der Waals surface area contributed by atoms with Crippen LogP contribution in [0.1, 0.15) is 46.0 Å². The molecule has 1 unspecified atom stereocenters. The van der Waals surface area contributed by atoms with Crippen molar-refractivity contribution in [2.45, 2.75) is 57.5 Å². The van der Waals surface area contributed by atoms with E-state index in [4.69, 9.17) is 4.98 Å². The first-order valence-electron chi connectivity index (χ1n) is 10.0. The fourth-order valence-electron chi connectivity index (χ4n) is 4.45. The van der Waals surface area contributed by atoms with Gasteiger partial charge in [-0.1, -0.05) is 0 Å². The molecule has 2 aromatic heterocycles. The molecule has 1 N–H and O–H groups in total. The third kappa shape index (κ3) is 3.70. The summed E-state index contributed by atoms with van der Waals surface area (Å²) in [7, 11) is 0. The monoisotopic (exact) mass is 401 g/mol. The molecule has 0 aliphatic carbocycles. The van der Waals surface area contributed by atoms with E-state index >= 15 is 0 Å². The lowest BCUT2D eigenvalue weighted by Crippen LogP contribution is -2.51. The lowest BCUT2D eigenvalue weighted by atomic mass is 9.87. The van der Waals surface area contributed by atoms with Crippen LogP contribution in [0.4, 0.5) is 5.95 Å². The number of thiophene rings is 1. The second-order valence-electron chi connectivity index (χ2n) is 8.11. The number of anilines is 1. The normalized spacial score (nSPS) is 23.0. The fraction of sp³-hybridized carbons (Fsp3) is 0.600. The van der Waals surface area contributed by atoms with Crippen LogP contribution < -0.4 is 10.2 Å². The van der Waals surface area contributed by atoms with Crippen molar-refractivity contribution in [1.82, 2.24) is 20.2 Å². The van der Waals surface area contributed by atoms with Gasteiger partial charge in [-0.2, -0.15) is 0 Å².